The van der Waals surface area contributed by atoms with Crippen molar-refractivity contribution < 1.29 is 23.0 Å². The van der Waals surface area contributed by atoms with E-state index in [2.05, 4.69) is 6.92 Å². The molecule has 0 bridgehead atoms. The van der Waals surface area contributed by atoms with Crippen LogP contribution in [-0.2, 0) is 20.6 Å². The minimum Gasteiger partial charge on any atom is -0.331 e. The number of unbranched alkanes of at least 4 members (excludes halogenated alkanes) is 5. The normalized spacial score (nSPS) is 13.2. The predicted octanol–water partition coefficient (Wildman–Crippen LogP) is 5.47. The highest BCUT2D eigenvalue weighted by molar-refractivity contribution is 5.18. The SMILES string of the molecule is CCCCCCCCC(Cc1cc(F)cc(F)c1)C(OC)(OC)OC. The van der Waals surface area contributed by atoms with Gasteiger partial charge in [0.15, 0.2) is 0 Å². The molecule has 0 N–H and O–H groups in total. The molecule has 0 heterocycles. The van der Waals surface area contributed by atoms with Crippen molar-refractivity contribution in [3.8, 4) is 0 Å². The first kappa shape index (κ1) is 22.0. The van der Waals surface area contributed by atoms with E-state index in [1.807, 2.05) is 0 Å². The fraction of sp³-hybridized carbons (Fsp3) is 0.700. The summed E-state index contributed by atoms with van der Waals surface area (Å²) in [6.07, 6.45) is 8.21. The number of ether oxygens (including phenoxy) is 3. The fourth-order valence-corrected chi connectivity index (χ4v) is 3.34. The topological polar surface area (TPSA) is 27.7 Å². The Morgan fingerprint density at radius 3 is 1.88 bits per heavy atom. The van der Waals surface area contributed by atoms with Crippen molar-refractivity contribution in [1.82, 2.24) is 0 Å². The van der Waals surface area contributed by atoms with Crippen molar-refractivity contribution >= 4 is 0 Å². The Labute approximate surface area is 150 Å². The lowest BCUT2D eigenvalue weighted by molar-refractivity contribution is -0.379. The zero-order chi connectivity index (χ0) is 18.7. The third kappa shape index (κ3) is 7.00. The number of halogens is 2. The third-order valence-electron chi connectivity index (χ3n) is 4.66. The summed E-state index contributed by atoms with van der Waals surface area (Å²) in [7, 11) is 4.56. The molecule has 0 saturated heterocycles. The van der Waals surface area contributed by atoms with Gasteiger partial charge in [-0.2, -0.15) is 0 Å². The van der Waals surface area contributed by atoms with E-state index in [1.165, 1.54) is 59.1 Å². The fourth-order valence-electron chi connectivity index (χ4n) is 3.34. The zero-order valence-corrected chi connectivity index (χ0v) is 15.9. The second-order valence-electron chi connectivity index (χ2n) is 6.45. The number of hydrogen-bond acceptors (Lipinski definition) is 3. The largest absolute Gasteiger partial charge is 0.331 e. The molecule has 0 fully saturated rings. The van der Waals surface area contributed by atoms with Gasteiger partial charge in [-0.05, 0) is 30.5 Å². The van der Waals surface area contributed by atoms with Gasteiger partial charge in [0.05, 0.1) is 0 Å². The minimum absolute atomic E-state index is 0.167. The van der Waals surface area contributed by atoms with Gasteiger partial charge >= 0.3 is 0 Å². The summed E-state index contributed by atoms with van der Waals surface area (Å²) in [5.41, 5.74) is 0.573. The highest BCUT2D eigenvalue weighted by Crippen LogP contribution is 2.32. The molecule has 1 aromatic rings. The standard InChI is InChI=1S/C20H32F2O3/c1-5-6-7-8-9-10-11-17(20(23-2,24-3)25-4)12-16-13-18(21)15-19(22)14-16/h13-15,17H,5-12H2,1-4H3. The third-order valence-corrected chi connectivity index (χ3v) is 4.66. The molecule has 144 valence electrons. The van der Waals surface area contributed by atoms with E-state index in [-0.39, 0.29) is 5.92 Å². The lowest BCUT2D eigenvalue weighted by Crippen LogP contribution is -2.45. The Morgan fingerprint density at radius 1 is 0.840 bits per heavy atom. The van der Waals surface area contributed by atoms with Crippen LogP contribution in [0.3, 0.4) is 0 Å². The monoisotopic (exact) mass is 358 g/mol. The molecule has 5 heteroatoms. The summed E-state index contributed by atoms with van der Waals surface area (Å²) in [5, 5.41) is 0. The second kappa shape index (κ2) is 11.6. The van der Waals surface area contributed by atoms with E-state index >= 15 is 0 Å². The van der Waals surface area contributed by atoms with Crippen LogP contribution in [0.1, 0.15) is 57.4 Å². The van der Waals surface area contributed by atoms with E-state index < -0.39 is 17.6 Å². The Bertz CT molecular complexity index is 461. The average Bonchev–Trinajstić information content (AvgIpc) is 2.58. The van der Waals surface area contributed by atoms with Gasteiger partial charge in [-0.3, -0.25) is 0 Å². The van der Waals surface area contributed by atoms with Crippen molar-refractivity contribution in [3.05, 3.63) is 35.4 Å². The van der Waals surface area contributed by atoms with Gasteiger partial charge in [0.2, 0.25) is 0 Å². The molecule has 1 unspecified atom stereocenters. The predicted molar refractivity (Wildman–Crippen MR) is 95.3 cm³/mol. The highest BCUT2D eigenvalue weighted by Gasteiger charge is 2.39. The van der Waals surface area contributed by atoms with Crippen LogP contribution < -0.4 is 0 Å². The summed E-state index contributed by atoms with van der Waals surface area (Å²) < 4.78 is 43.5. The Kier molecular flexibility index (Phi) is 10.2. The first-order valence-electron chi connectivity index (χ1n) is 9.11. The minimum atomic E-state index is -1.22. The van der Waals surface area contributed by atoms with Gasteiger partial charge in [0.1, 0.15) is 11.6 Å². The van der Waals surface area contributed by atoms with Crippen LogP contribution >= 0.6 is 0 Å². The Hall–Kier alpha value is -1.04. The molecular formula is C20H32F2O3. The summed E-state index contributed by atoms with van der Waals surface area (Å²) >= 11 is 0. The maximum atomic E-state index is 13.5. The summed E-state index contributed by atoms with van der Waals surface area (Å²) in [4.78, 5) is 0. The van der Waals surface area contributed by atoms with Crippen molar-refractivity contribution in [2.24, 2.45) is 5.92 Å². The number of methoxy groups -OCH3 is 3. The van der Waals surface area contributed by atoms with Crippen molar-refractivity contribution in [2.75, 3.05) is 21.3 Å². The van der Waals surface area contributed by atoms with Crippen LogP contribution in [0, 0.1) is 17.6 Å². The molecule has 0 saturated carbocycles. The Morgan fingerprint density at radius 2 is 1.36 bits per heavy atom. The van der Waals surface area contributed by atoms with Gasteiger partial charge in [-0.1, -0.05) is 45.4 Å². The van der Waals surface area contributed by atoms with Crippen LogP contribution in [0.15, 0.2) is 18.2 Å². The highest BCUT2D eigenvalue weighted by atomic mass is 19.1. The lowest BCUT2D eigenvalue weighted by atomic mass is 9.90. The van der Waals surface area contributed by atoms with Crippen LogP contribution in [-0.4, -0.2) is 27.3 Å². The lowest BCUT2D eigenvalue weighted by Gasteiger charge is -2.36. The Balaban J connectivity index is 2.80. The first-order chi connectivity index (χ1) is 12.0. The van der Waals surface area contributed by atoms with Crippen LogP contribution in [0.5, 0.6) is 0 Å². The van der Waals surface area contributed by atoms with E-state index in [0.717, 1.165) is 25.3 Å². The molecule has 25 heavy (non-hydrogen) atoms. The number of benzene rings is 1. The molecule has 0 aromatic heterocycles. The van der Waals surface area contributed by atoms with Gasteiger partial charge in [-0.15, -0.1) is 0 Å². The van der Waals surface area contributed by atoms with Crippen molar-refractivity contribution in [3.63, 3.8) is 0 Å². The molecule has 0 aliphatic heterocycles. The molecule has 0 amide bonds. The van der Waals surface area contributed by atoms with Gasteiger partial charge < -0.3 is 14.2 Å². The average molecular weight is 358 g/mol. The van der Waals surface area contributed by atoms with E-state index in [4.69, 9.17) is 14.2 Å². The van der Waals surface area contributed by atoms with Crippen molar-refractivity contribution in [2.45, 2.75) is 64.3 Å². The van der Waals surface area contributed by atoms with Gasteiger partial charge in [0.25, 0.3) is 5.97 Å². The maximum Gasteiger partial charge on any atom is 0.285 e. The van der Waals surface area contributed by atoms with E-state index in [1.54, 1.807) is 0 Å². The van der Waals surface area contributed by atoms with E-state index in [9.17, 15) is 8.78 Å². The van der Waals surface area contributed by atoms with Crippen LogP contribution in [0.2, 0.25) is 0 Å². The zero-order valence-electron chi connectivity index (χ0n) is 15.9. The molecular weight excluding hydrogens is 326 g/mol. The van der Waals surface area contributed by atoms with Gasteiger partial charge in [-0.25, -0.2) is 8.78 Å². The summed E-state index contributed by atoms with van der Waals surface area (Å²) in [6, 6.07) is 3.58. The molecule has 1 atom stereocenters. The van der Waals surface area contributed by atoms with E-state index in [0.29, 0.717) is 12.0 Å². The van der Waals surface area contributed by atoms with Gasteiger partial charge in [0, 0.05) is 33.3 Å². The first-order valence-corrected chi connectivity index (χ1v) is 9.11. The quantitative estimate of drug-likeness (QED) is 0.346. The maximum absolute atomic E-state index is 13.5. The molecule has 1 aromatic carbocycles. The summed E-state index contributed by atoms with van der Waals surface area (Å²) in [6.45, 7) is 2.19. The second-order valence-corrected chi connectivity index (χ2v) is 6.45. The number of hydrogen-bond donors (Lipinski definition) is 0. The molecule has 0 aliphatic rings. The van der Waals surface area contributed by atoms with Crippen LogP contribution in [0.25, 0.3) is 0 Å². The molecule has 0 radical (unpaired) electrons. The molecule has 3 nitrogen and oxygen atoms in total. The van der Waals surface area contributed by atoms with Crippen LogP contribution in [0.4, 0.5) is 8.78 Å². The number of rotatable bonds is 13. The smallest absolute Gasteiger partial charge is 0.285 e. The molecule has 1 rings (SSSR count). The van der Waals surface area contributed by atoms with Crippen molar-refractivity contribution in [1.29, 1.82) is 0 Å². The molecule has 0 spiro atoms. The molecule has 0 aliphatic carbocycles. The summed E-state index contributed by atoms with van der Waals surface area (Å²) in [5.74, 6) is -2.54.